The minimum absolute atomic E-state index is 0.0266. The maximum Gasteiger partial charge on any atom is 0.406 e. The number of nitrogens with zero attached hydrogens (tertiary/aromatic N) is 3. The van der Waals surface area contributed by atoms with E-state index in [4.69, 9.17) is 0 Å². The fourth-order valence-corrected chi connectivity index (χ4v) is 2.22. The maximum atomic E-state index is 12.4. The number of carbonyl (C=O) groups excluding carboxylic acids is 1. The zero-order chi connectivity index (χ0) is 15.2. The fourth-order valence-electron chi connectivity index (χ4n) is 1.49. The summed E-state index contributed by atoms with van der Waals surface area (Å²) in [5, 5.41) is 10.7. The topological polar surface area (TPSA) is 58.1 Å². The van der Waals surface area contributed by atoms with Crippen molar-refractivity contribution < 1.29 is 18.0 Å². The van der Waals surface area contributed by atoms with Crippen molar-refractivity contribution in [2.75, 3.05) is 25.0 Å². The van der Waals surface area contributed by atoms with Crippen LogP contribution in [0.4, 0.5) is 18.3 Å². The van der Waals surface area contributed by atoms with Gasteiger partial charge in [-0.05, 0) is 12.8 Å². The highest BCUT2D eigenvalue weighted by atomic mass is 32.1. The van der Waals surface area contributed by atoms with E-state index in [2.05, 4.69) is 15.5 Å². The standard InChI is InChI=1S/C11H17F3N4OS/c1-3-5-15-10-17-16-8(20-10)9(19)18(6-4-2)7-11(12,13)14/h3-7H2,1-2H3,(H,15,17). The molecule has 0 radical (unpaired) electrons. The van der Waals surface area contributed by atoms with E-state index in [0.29, 0.717) is 18.1 Å². The highest BCUT2D eigenvalue weighted by molar-refractivity contribution is 7.17. The molecule has 1 N–H and O–H groups in total. The van der Waals surface area contributed by atoms with Crippen molar-refractivity contribution in [3.63, 3.8) is 0 Å². The van der Waals surface area contributed by atoms with E-state index in [0.717, 1.165) is 22.7 Å². The van der Waals surface area contributed by atoms with Gasteiger partial charge in [-0.15, -0.1) is 10.2 Å². The Morgan fingerprint density at radius 2 is 2.00 bits per heavy atom. The molecule has 0 fully saturated rings. The third-order valence-corrected chi connectivity index (χ3v) is 3.15. The molecular formula is C11H17F3N4OS. The summed E-state index contributed by atoms with van der Waals surface area (Å²) < 4.78 is 37.3. The van der Waals surface area contributed by atoms with Crippen LogP contribution in [0.5, 0.6) is 0 Å². The molecule has 0 aliphatic heterocycles. The quantitative estimate of drug-likeness (QED) is 0.841. The van der Waals surface area contributed by atoms with E-state index in [1.165, 1.54) is 0 Å². The van der Waals surface area contributed by atoms with Crippen molar-refractivity contribution in [3.8, 4) is 0 Å². The number of rotatable bonds is 7. The number of aromatic nitrogens is 2. The Morgan fingerprint density at radius 1 is 1.30 bits per heavy atom. The van der Waals surface area contributed by atoms with Gasteiger partial charge < -0.3 is 10.2 Å². The first-order valence-corrected chi connectivity index (χ1v) is 7.12. The van der Waals surface area contributed by atoms with Crippen LogP contribution in [-0.4, -0.2) is 46.8 Å². The van der Waals surface area contributed by atoms with Crippen LogP contribution in [-0.2, 0) is 0 Å². The van der Waals surface area contributed by atoms with Crippen molar-refractivity contribution in [1.82, 2.24) is 15.1 Å². The molecule has 0 aliphatic rings. The number of carbonyl (C=O) groups is 1. The van der Waals surface area contributed by atoms with Gasteiger partial charge in [0.2, 0.25) is 10.1 Å². The molecule has 0 aliphatic carbocycles. The lowest BCUT2D eigenvalue weighted by molar-refractivity contribution is -0.140. The molecule has 114 valence electrons. The van der Waals surface area contributed by atoms with E-state index in [9.17, 15) is 18.0 Å². The lowest BCUT2D eigenvalue weighted by atomic mass is 10.4. The van der Waals surface area contributed by atoms with Crippen LogP contribution in [0.3, 0.4) is 0 Å². The number of hydrogen-bond donors (Lipinski definition) is 1. The molecule has 9 heteroatoms. The molecule has 0 atom stereocenters. The summed E-state index contributed by atoms with van der Waals surface area (Å²) in [6, 6.07) is 0. The lowest BCUT2D eigenvalue weighted by Gasteiger charge is -2.21. The zero-order valence-corrected chi connectivity index (χ0v) is 12.1. The van der Waals surface area contributed by atoms with E-state index in [-0.39, 0.29) is 11.6 Å². The Hall–Kier alpha value is -1.38. The summed E-state index contributed by atoms with van der Waals surface area (Å²) in [5.41, 5.74) is 0. The molecule has 1 rings (SSSR count). The van der Waals surface area contributed by atoms with Gasteiger partial charge in [0.25, 0.3) is 5.91 Å². The molecule has 1 aromatic heterocycles. The van der Waals surface area contributed by atoms with Gasteiger partial charge in [0, 0.05) is 13.1 Å². The summed E-state index contributed by atoms with van der Waals surface area (Å²) >= 11 is 0.969. The van der Waals surface area contributed by atoms with Crippen molar-refractivity contribution in [1.29, 1.82) is 0 Å². The van der Waals surface area contributed by atoms with Gasteiger partial charge >= 0.3 is 6.18 Å². The van der Waals surface area contributed by atoms with Crippen LogP contribution in [0.1, 0.15) is 36.5 Å². The molecule has 5 nitrogen and oxygen atoms in total. The van der Waals surface area contributed by atoms with Crippen molar-refractivity contribution >= 4 is 22.4 Å². The third kappa shape index (κ3) is 5.32. The normalized spacial score (nSPS) is 11.4. The smallest absolute Gasteiger partial charge is 0.360 e. The van der Waals surface area contributed by atoms with E-state index in [1.54, 1.807) is 6.92 Å². The Morgan fingerprint density at radius 3 is 2.55 bits per heavy atom. The predicted molar refractivity (Wildman–Crippen MR) is 70.9 cm³/mol. The van der Waals surface area contributed by atoms with Crippen LogP contribution in [0.15, 0.2) is 0 Å². The Bertz CT molecular complexity index is 436. The molecule has 1 aromatic rings. The van der Waals surface area contributed by atoms with Gasteiger partial charge in [-0.2, -0.15) is 13.2 Å². The second-order valence-corrected chi connectivity index (χ2v) is 5.16. The average Bonchev–Trinajstić information content (AvgIpc) is 2.82. The first kappa shape index (κ1) is 16.7. The number of nitrogens with one attached hydrogen (secondary N) is 1. The lowest BCUT2D eigenvalue weighted by Crippen LogP contribution is -2.39. The van der Waals surface area contributed by atoms with Gasteiger partial charge in [0.1, 0.15) is 6.54 Å². The first-order chi connectivity index (χ1) is 9.37. The zero-order valence-electron chi connectivity index (χ0n) is 11.3. The molecule has 0 aromatic carbocycles. The molecule has 0 saturated heterocycles. The van der Waals surface area contributed by atoms with Crippen LogP contribution in [0.25, 0.3) is 0 Å². The summed E-state index contributed by atoms with van der Waals surface area (Å²) in [6.45, 7) is 3.12. The third-order valence-electron chi connectivity index (χ3n) is 2.29. The fraction of sp³-hybridized carbons (Fsp3) is 0.727. The second-order valence-electron chi connectivity index (χ2n) is 4.18. The number of hydrogen-bond acceptors (Lipinski definition) is 5. The van der Waals surface area contributed by atoms with Gasteiger partial charge in [-0.3, -0.25) is 4.79 Å². The van der Waals surface area contributed by atoms with Crippen molar-refractivity contribution in [2.24, 2.45) is 0 Å². The predicted octanol–water partition coefficient (Wildman–Crippen LogP) is 2.77. The van der Waals surface area contributed by atoms with Gasteiger partial charge in [-0.1, -0.05) is 25.2 Å². The highest BCUT2D eigenvalue weighted by Gasteiger charge is 2.34. The largest absolute Gasteiger partial charge is 0.406 e. The summed E-state index contributed by atoms with van der Waals surface area (Å²) in [5.74, 6) is -0.730. The molecule has 1 heterocycles. The second kappa shape index (κ2) is 7.41. The number of halogens is 3. The van der Waals surface area contributed by atoms with Crippen LogP contribution in [0, 0.1) is 0 Å². The van der Waals surface area contributed by atoms with Crippen LogP contribution in [0.2, 0.25) is 0 Å². The van der Waals surface area contributed by atoms with E-state index < -0.39 is 18.6 Å². The first-order valence-electron chi connectivity index (χ1n) is 6.30. The van der Waals surface area contributed by atoms with Crippen LogP contribution >= 0.6 is 11.3 Å². The van der Waals surface area contributed by atoms with E-state index in [1.807, 2.05) is 6.92 Å². The molecule has 0 unspecified atom stereocenters. The monoisotopic (exact) mass is 310 g/mol. The maximum absolute atomic E-state index is 12.4. The summed E-state index contributed by atoms with van der Waals surface area (Å²) in [7, 11) is 0. The molecule has 20 heavy (non-hydrogen) atoms. The van der Waals surface area contributed by atoms with Crippen molar-refractivity contribution in [2.45, 2.75) is 32.9 Å². The molecule has 0 spiro atoms. The number of anilines is 1. The molecular weight excluding hydrogens is 293 g/mol. The van der Waals surface area contributed by atoms with E-state index >= 15 is 0 Å². The van der Waals surface area contributed by atoms with Gasteiger partial charge in [0.05, 0.1) is 0 Å². The Balaban J connectivity index is 2.75. The SMILES string of the molecule is CCCNc1nnc(C(=O)N(CCC)CC(F)(F)F)s1. The minimum atomic E-state index is -4.42. The van der Waals surface area contributed by atoms with Crippen LogP contribution < -0.4 is 5.32 Å². The summed E-state index contributed by atoms with van der Waals surface area (Å²) in [4.78, 5) is 12.8. The minimum Gasteiger partial charge on any atom is -0.360 e. The Kier molecular flexibility index (Phi) is 6.18. The highest BCUT2D eigenvalue weighted by Crippen LogP contribution is 2.21. The summed E-state index contributed by atoms with van der Waals surface area (Å²) in [6.07, 6.45) is -3.10. The molecule has 0 bridgehead atoms. The number of amides is 1. The average molecular weight is 310 g/mol. The van der Waals surface area contributed by atoms with Gasteiger partial charge in [0.15, 0.2) is 0 Å². The van der Waals surface area contributed by atoms with Crippen molar-refractivity contribution in [3.05, 3.63) is 5.01 Å². The Labute approximate surface area is 119 Å². The number of alkyl halides is 3. The molecule has 0 saturated carbocycles. The molecule has 1 amide bonds. The van der Waals surface area contributed by atoms with Gasteiger partial charge in [-0.25, -0.2) is 0 Å².